The van der Waals surface area contributed by atoms with Crippen LogP contribution in [0, 0.1) is 0 Å². The smallest absolute Gasteiger partial charge is 0.410 e. The third kappa shape index (κ3) is 4.15. The third-order valence-corrected chi connectivity index (χ3v) is 6.07. The molecule has 0 fully saturated rings. The molecular formula is C15H14F3N3O3S2. The molecule has 1 aromatic heterocycles. The van der Waals surface area contributed by atoms with Gasteiger partial charge in [0.1, 0.15) is 16.4 Å². The number of pyridine rings is 1. The molecule has 0 saturated heterocycles. The van der Waals surface area contributed by atoms with Gasteiger partial charge in [-0.3, -0.25) is 4.98 Å². The van der Waals surface area contributed by atoms with Gasteiger partial charge in [0.05, 0.1) is 16.2 Å². The molecule has 2 rings (SSSR count). The largest absolute Gasteiger partial charge is 0.416 e. The average Bonchev–Trinajstić information content (AvgIpc) is 3.01. The molecule has 0 saturated carbocycles. The van der Waals surface area contributed by atoms with Crippen LogP contribution < -0.4 is 0 Å². The van der Waals surface area contributed by atoms with Gasteiger partial charge in [0.2, 0.25) is 0 Å². The minimum atomic E-state index is -4.60. The van der Waals surface area contributed by atoms with Crippen LogP contribution in [0.4, 0.5) is 13.2 Å². The second-order valence-electron chi connectivity index (χ2n) is 4.95. The van der Waals surface area contributed by atoms with Gasteiger partial charge in [0.25, 0.3) is 0 Å². The lowest BCUT2D eigenvalue weighted by atomic mass is 10.2. The summed E-state index contributed by atoms with van der Waals surface area (Å²) in [6.07, 6.45) is -1.68. The Kier molecular flexibility index (Phi) is 5.91. The molecule has 11 heteroatoms. The van der Waals surface area contributed by atoms with Gasteiger partial charge in [-0.15, -0.1) is 0 Å². The average molecular weight is 405 g/mol. The van der Waals surface area contributed by atoms with E-state index in [9.17, 15) is 21.6 Å². The summed E-state index contributed by atoms with van der Waals surface area (Å²) in [6, 6.07) is 2.78. The molecule has 1 N–H and O–H groups in total. The van der Waals surface area contributed by atoms with Gasteiger partial charge in [0.15, 0.2) is 14.9 Å². The van der Waals surface area contributed by atoms with E-state index in [0.717, 1.165) is 23.9 Å². The first kappa shape index (κ1) is 20.2. The third-order valence-electron chi connectivity index (χ3n) is 3.34. The summed E-state index contributed by atoms with van der Waals surface area (Å²) in [5.41, 5.74) is -1.21. The van der Waals surface area contributed by atoms with Crippen molar-refractivity contribution >= 4 is 31.7 Å². The fraction of sp³-hybridized carbons (Fsp3) is 0.267. The molecule has 1 aliphatic rings. The predicted octanol–water partition coefficient (Wildman–Crippen LogP) is 3.55. The monoisotopic (exact) mass is 405 g/mol. The van der Waals surface area contributed by atoms with Crippen molar-refractivity contribution in [2.75, 3.05) is 5.75 Å². The number of hydrogen-bond donors (Lipinski definition) is 1. The second kappa shape index (κ2) is 7.62. The van der Waals surface area contributed by atoms with Gasteiger partial charge in [-0.05, 0) is 36.9 Å². The number of nitrogens with zero attached hydrogens (tertiary/aromatic N) is 3. The molecule has 6 nitrogen and oxygen atoms in total. The summed E-state index contributed by atoms with van der Waals surface area (Å²) in [6.45, 7) is 2.68. The van der Waals surface area contributed by atoms with Crippen molar-refractivity contribution in [2.24, 2.45) is 10.1 Å². The molecule has 0 spiro atoms. The van der Waals surface area contributed by atoms with Gasteiger partial charge in [-0.1, -0.05) is 18.2 Å². The van der Waals surface area contributed by atoms with Crippen LogP contribution in [-0.2, 0) is 9.84 Å². The number of thioether (sulfide) groups is 1. The fourth-order valence-corrected chi connectivity index (χ4v) is 3.97. The topological polar surface area (TPSA) is 92.0 Å². The highest BCUT2D eigenvalue weighted by molar-refractivity contribution is 8.28. The molecule has 1 aromatic rings. The van der Waals surface area contributed by atoms with E-state index in [1.54, 1.807) is 0 Å². The zero-order valence-corrected chi connectivity index (χ0v) is 15.3. The van der Waals surface area contributed by atoms with Crippen molar-refractivity contribution in [1.82, 2.24) is 4.98 Å². The Morgan fingerprint density at radius 3 is 2.65 bits per heavy atom. The first-order chi connectivity index (χ1) is 12.1. The first-order valence-electron chi connectivity index (χ1n) is 7.26. The van der Waals surface area contributed by atoms with Gasteiger partial charge in [0, 0.05) is 6.20 Å². The maximum atomic E-state index is 12.9. The van der Waals surface area contributed by atoms with E-state index in [2.05, 4.69) is 15.1 Å². The molecule has 0 atom stereocenters. The molecule has 2 heterocycles. The maximum absolute atomic E-state index is 12.9. The minimum Gasteiger partial charge on any atom is -0.410 e. The molecule has 0 radical (unpaired) electrons. The number of allylic oxidation sites excluding steroid dienone is 3. The quantitative estimate of drug-likeness (QED) is 0.611. The Morgan fingerprint density at radius 2 is 2.12 bits per heavy atom. The molecular weight excluding hydrogens is 391 g/mol. The van der Waals surface area contributed by atoms with E-state index in [1.165, 1.54) is 32.2 Å². The van der Waals surface area contributed by atoms with E-state index in [4.69, 9.17) is 5.21 Å². The zero-order chi connectivity index (χ0) is 19.5. The summed E-state index contributed by atoms with van der Waals surface area (Å²) in [5, 5.41) is 11.9. The second-order valence-corrected chi connectivity index (χ2v) is 8.17. The van der Waals surface area contributed by atoms with Crippen LogP contribution in [-0.4, -0.2) is 40.6 Å². The molecule has 140 valence electrons. The lowest BCUT2D eigenvalue weighted by Gasteiger charge is -2.07. The normalized spacial score (nSPS) is 19.3. The van der Waals surface area contributed by atoms with Crippen LogP contribution in [0.25, 0.3) is 0 Å². The lowest BCUT2D eigenvalue weighted by Crippen LogP contribution is -2.11. The molecule has 0 bridgehead atoms. The minimum absolute atomic E-state index is 0.00191. The van der Waals surface area contributed by atoms with E-state index >= 15 is 0 Å². The number of alkyl halides is 3. The van der Waals surface area contributed by atoms with Crippen LogP contribution in [0.2, 0.25) is 0 Å². The SMILES string of the molecule is C\C=C(/C=C1/N=C(c2ncccc2S(=O)(=O)CC)S/C1=N\O)C(F)(F)F. The molecule has 26 heavy (non-hydrogen) atoms. The Balaban J connectivity index is 2.58. The van der Waals surface area contributed by atoms with Crippen molar-refractivity contribution < 1.29 is 26.8 Å². The molecule has 0 aromatic carbocycles. The lowest BCUT2D eigenvalue weighted by molar-refractivity contribution is -0.0883. The Labute approximate surface area is 152 Å². The van der Waals surface area contributed by atoms with E-state index in [-0.39, 0.29) is 32.1 Å². The number of hydrogen-bond acceptors (Lipinski definition) is 7. The van der Waals surface area contributed by atoms with Crippen LogP contribution in [0.1, 0.15) is 19.5 Å². The van der Waals surface area contributed by atoms with Gasteiger partial charge >= 0.3 is 6.18 Å². The number of aromatic nitrogens is 1. The predicted molar refractivity (Wildman–Crippen MR) is 93.2 cm³/mol. The van der Waals surface area contributed by atoms with Crippen LogP contribution >= 0.6 is 11.8 Å². The number of sulfone groups is 1. The number of halogens is 3. The van der Waals surface area contributed by atoms with Gasteiger partial charge in [-0.2, -0.15) is 13.2 Å². The van der Waals surface area contributed by atoms with Gasteiger partial charge in [-0.25, -0.2) is 13.4 Å². The molecule has 1 aliphatic heterocycles. The summed E-state index contributed by atoms with van der Waals surface area (Å²) in [4.78, 5) is 7.91. The highest BCUT2D eigenvalue weighted by Gasteiger charge is 2.34. The Bertz CT molecular complexity index is 933. The molecule has 0 aliphatic carbocycles. The maximum Gasteiger partial charge on any atom is 0.416 e. The molecule has 0 amide bonds. The van der Waals surface area contributed by atoms with Crippen molar-refractivity contribution in [3.05, 3.63) is 47.4 Å². The summed E-state index contributed by atoms with van der Waals surface area (Å²) < 4.78 is 63.2. The van der Waals surface area contributed by atoms with Gasteiger partial charge < -0.3 is 5.21 Å². The van der Waals surface area contributed by atoms with Crippen LogP contribution in [0.15, 0.2) is 56.8 Å². The number of rotatable bonds is 4. The highest BCUT2D eigenvalue weighted by Crippen LogP contribution is 2.34. The standard InChI is InChI=1S/C15H14F3N3O3S2/c1-3-9(15(16,17)18)8-10-13(21-22)25-14(20-10)12-11(6-5-7-19-12)26(23,24)4-2/h3,5-8,22H,4H2,1-2H3/b9-3+,10-8+,21-13-. The summed E-state index contributed by atoms with van der Waals surface area (Å²) in [5.74, 6) is -0.177. The fourth-order valence-electron chi connectivity index (χ4n) is 2.02. The Hall–Kier alpha value is -2.14. The summed E-state index contributed by atoms with van der Waals surface area (Å²) >= 11 is 0.736. The van der Waals surface area contributed by atoms with Crippen molar-refractivity contribution in [3.8, 4) is 0 Å². The van der Waals surface area contributed by atoms with E-state index in [0.29, 0.717) is 0 Å². The Morgan fingerprint density at radius 1 is 1.42 bits per heavy atom. The molecule has 0 unspecified atom stereocenters. The highest BCUT2D eigenvalue weighted by atomic mass is 32.2. The van der Waals surface area contributed by atoms with Crippen molar-refractivity contribution in [1.29, 1.82) is 0 Å². The van der Waals surface area contributed by atoms with Crippen molar-refractivity contribution in [3.63, 3.8) is 0 Å². The van der Waals surface area contributed by atoms with Crippen LogP contribution in [0.5, 0.6) is 0 Å². The number of aliphatic imine (C=N–C) groups is 1. The number of oxime groups is 1. The summed E-state index contributed by atoms with van der Waals surface area (Å²) in [7, 11) is -3.63. The van der Waals surface area contributed by atoms with E-state index < -0.39 is 21.6 Å². The van der Waals surface area contributed by atoms with Crippen LogP contribution in [0.3, 0.4) is 0 Å². The first-order valence-corrected chi connectivity index (χ1v) is 9.73. The van der Waals surface area contributed by atoms with E-state index in [1.807, 2.05) is 0 Å². The zero-order valence-electron chi connectivity index (χ0n) is 13.6. The van der Waals surface area contributed by atoms with Crippen molar-refractivity contribution in [2.45, 2.75) is 24.9 Å².